The van der Waals surface area contributed by atoms with Gasteiger partial charge in [0, 0.05) is 11.4 Å². The number of nitrogens with one attached hydrogen (secondary N) is 1. The summed E-state index contributed by atoms with van der Waals surface area (Å²) in [6, 6.07) is 25.0. The van der Waals surface area contributed by atoms with Crippen LogP contribution in [0.25, 0.3) is 5.69 Å². The van der Waals surface area contributed by atoms with Crippen molar-refractivity contribution in [3.05, 3.63) is 90.3 Å². The van der Waals surface area contributed by atoms with Crippen molar-refractivity contribution in [3.8, 4) is 17.2 Å². The van der Waals surface area contributed by atoms with Crippen molar-refractivity contribution >= 4 is 23.4 Å². The first-order valence-corrected chi connectivity index (χ1v) is 12.2. The molecule has 0 saturated heterocycles. The molecule has 0 bridgehead atoms. The molecule has 2 atom stereocenters. The minimum atomic E-state index is -0.426. The van der Waals surface area contributed by atoms with Crippen LogP contribution in [0.2, 0.25) is 0 Å². The van der Waals surface area contributed by atoms with Crippen molar-refractivity contribution < 1.29 is 14.3 Å². The molecule has 1 N–H and O–H groups in total. The maximum absolute atomic E-state index is 12.9. The van der Waals surface area contributed by atoms with E-state index in [-0.39, 0.29) is 5.91 Å². The molecule has 4 rings (SSSR count). The highest BCUT2D eigenvalue weighted by Gasteiger charge is 2.25. The zero-order valence-corrected chi connectivity index (χ0v) is 21.0. The van der Waals surface area contributed by atoms with Gasteiger partial charge in [-0.1, -0.05) is 60.3 Å². The molecule has 1 aromatic heterocycles. The predicted octanol–water partition coefficient (Wildman–Crippen LogP) is 5.84. The van der Waals surface area contributed by atoms with Gasteiger partial charge in [-0.25, -0.2) is 0 Å². The summed E-state index contributed by atoms with van der Waals surface area (Å²) in [5, 5.41) is 12.1. The Kier molecular flexibility index (Phi) is 7.72. The molecule has 35 heavy (non-hydrogen) atoms. The molecule has 0 aliphatic rings. The third-order valence-electron chi connectivity index (χ3n) is 5.46. The summed E-state index contributed by atoms with van der Waals surface area (Å²) >= 11 is 1.35. The van der Waals surface area contributed by atoms with Crippen molar-refractivity contribution in [2.24, 2.45) is 0 Å². The number of rotatable bonds is 9. The maximum atomic E-state index is 12.9. The van der Waals surface area contributed by atoms with E-state index in [1.54, 1.807) is 7.11 Å². The van der Waals surface area contributed by atoms with E-state index in [0.29, 0.717) is 22.5 Å². The first kappa shape index (κ1) is 24.3. The fourth-order valence-corrected chi connectivity index (χ4v) is 4.43. The number of carbonyl (C=O) groups is 1. The molecule has 0 fully saturated rings. The van der Waals surface area contributed by atoms with Gasteiger partial charge in [0.2, 0.25) is 5.91 Å². The summed E-state index contributed by atoms with van der Waals surface area (Å²) < 4.78 is 13.6. The van der Waals surface area contributed by atoms with E-state index in [0.717, 1.165) is 16.9 Å². The Morgan fingerprint density at radius 3 is 2.29 bits per heavy atom. The van der Waals surface area contributed by atoms with Gasteiger partial charge in [0.1, 0.15) is 0 Å². The van der Waals surface area contributed by atoms with Crippen LogP contribution in [0, 0.1) is 6.92 Å². The Morgan fingerprint density at radius 2 is 1.57 bits per heavy atom. The number of ether oxygens (including phenoxy) is 2. The van der Waals surface area contributed by atoms with Gasteiger partial charge >= 0.3 is 0 Å². The third kappa shape index (κ3) is 5.66. The molecule has 2 unspecified atom stereocenters. The molecule has 7 nitrogen and oxygen atoms in total. The SMILES string of the molecule is COc1ccccc1OC(C)c1nnc(SC(C)C(=O)Nc2ccccc2C)n1-c1ccccc1. The molecule has 180 valence electrons. The second kappa shape index (κ2) is 11.1. The lowest BCUT2D eigenvalue weighted by Crippen LogP contribution is -2.23. The molecule has 1 heterocycles. The zero-order valence-electron chi connectivity index (χ0n) is 20.1. The lowest BCUT2D eigenvalue weighted by molar-refractivity contribution is -0.115. The number of nitrogens with zero attached hydrogens (tertiary/aromatic N) is 3. The molecule has 0 aliphatic heterocycles. The van der Waals surface area contributed by atoms with E-state index in [4.69, 9.17) is 9.47 Å². The molecule has 0 saturated carbocycles. The number of para-hydroxylation sites is 4. The summed E-state index contributed by atoms with van der Waals surface area (Å²) in [5.41, 5.74) is 2.70. The number of anilines is 1. The van der Waals surface area contributed by atoms with Crippen LogP contribution in [0.1, 0.15) is 31.3 Å². The van der Waals surface area contributed by atoms with E-state index in [1.807, 2.05) is 104 Å². The van der Waals surface area contributed by atoms with Crippen LogP contribution in [-0.2, 0) is 4.79 Å². The quantitative estimate of drug-likeness (QED) is 0.298. The third-order valence-corrected chi connectivity index (χ3v) is 6.51. The Morgan fingerprint density at radius 1 is 0.914 bits per heavy atom. The smallest absolute Gasteiger partial charge is 0.237 e. The summed E-state index contributed by atoms with van der Waals surface area (Å²) in [4.78, 5) is 12.9. The Hall–Kier alpha value is -3.78. The maximum Gasteiger partial charge on any atom is 0.237 e. The topological polar surface area (TPSA) is 78.3 Å². The average Bonchev–Trinajstić information content (AvgIpc) is 3.29. The van der Waals surface area contributed by atoms with Gasteiger partial charge in [-0.3, -0.25) is 9.36 Å². The monoisotopic (exact) mass is 488 g/mol. The first-order valence-electron chi connectivity index (χ1n) is 11.3. The summed E-state index contributed by atoms with van der Waals surface area (Å²) in [7, 11) is 1.61. The normalized spacial score (nSPS) is 12.6. The minimum Gasteiger partial charge on any atom is -0.493 e. The second-order valence-corrected chi connectivity index (χ2v) is 9.29. The van der Waals surface area contributed by atoms with Gasteiger partial charge < -0.3 is 14.8 Å². The number of aryl methyl sites for hydroxylation is 1. The molecule has 8 heteroatoms. The molecule has 0 spiro atoms. The van der Waals surface area contributed by atoms with Crippen LogP contribution in [0.3, 0.4) is 0 Å². The van der Waals surface area contributed by atoms with Crippen molar-refractivity contribution in [1.29, 1.82) is 0 Å². The summed E-state index contributed by atoms with van der Waals surface area (Å²) in [6.07, 6.45) is -0.426. The highest BCUT2D eigenvalue weighted by atomic mass is 32.2. The lowest BCUT2D eigenvalue weighted by Gasteiger charge is -2.19. The number of carbonyl (C=O) groups excluding carboxylic acids is 1. The van der Waals surface area contributed by atoms with Gasteiger partial charge in [-0.2, -0.15) is 0 Å². The Labute approximate surface area is 209 Å². The van der Waals surface area contributed by atoms with Crippen LogP contribution in [-0.4, -0.2) is 33.0 Å². The molecule has 4 aromatic rings. The van der Waals surface area contributed by atoms with E-state index in [9.17, 15) is 4.79 Å². The van der Waals surface area contributed by atoms with E-state index < -0.39 is 11.4 Å². The number of amides is 1. The largest absolute Gasteiger partial charge is 0.493 e. The number of thioether (sulfide) groups is 1. The average molecular weight is 489 g/mol. The van der Waals surface area contributed by atoms with E-state index in [1.165, 1.54) is 11.8 Å². The molecule has 3 aromatic carbocycles. The Bertz CT molecular complexity index is 1290. The number of aromatic nitrogens is 3. The van der Waals surface area contributed by atoms with Crippen molar-refractivity contribution in [2.75, 3.05) is 12.4 Å². The van der Waals surface area contributed by atoms with Crippen LogP contribution in [0.15, 0.2) is 84.0 Å². The molecule has 1 amide bonds. The molecule has 0 aliphatic carbocycles. The van der Waals surface area contributed by atoms with Crippen LogP contribution in [0.4, 0.5) is 5.69 Å². The molecule has 0 radical (unpaired) electrons. The standard InChI is InChI=1S/C27H28N4O3S/c1-18-12-8-9-15-22(18)28-26(32)20(3)35-27-30-29-25(31(27)21-13-6-5-7-14-21)19(2)34-24-17-11-10-16-23(24)33-4/h5-17,19-20H,1-4H3,(H,28,32). The number of hydrogen-bond donors (Lipinski definition) is 1. The highest BCUT2D eigenvalue weighted by molar-refractivity contribution is 8.00. The fourth-order valence-electron chi connectivity index (χ4n) is 3.56. The second-order valence-electron chi connectivity index (χ2n) is 7.99. The van der Waals surface area contributed by atoms with Crippen molar-refractivity contribution in [1.82, 2.24) is 14.8 Å². The van der Waals surface area contributed by atoms with E-state index in [2.05, 4.69) is 15.5 Å². The highest BCUT2D eigenvalue weighted by Crippen LogP contribution is 2.33. The first-order chi connectivity index (χ1) is 17.0. The van der Waals surface area contributed by atoms with Crippen molar-refractivity contribution in [2.45, 2.75) is 37.3 Å². The Balaban J connectivity index is 1.60. The van der Waals surface area contributed by atoms with Gasteiger partial charge in [0.25, 0.3) is 0 Å². The van der Waals surface area contributed by atoms with Crippen LogP contribution >= 0.6 is 11.8 Å². The number of methoxy groups -OCH3 is 1. The summed E-state index contributed by atoms with van der Waals surface area (Å²) in [6.45, 7) is 5.74. The predicted molar refractivity (Wildman–Crippen MR) is 139 cm³/mol. The number of hydrogen-bond acceptors (Lipinski definition) is 6. The minimum absolute atomic E-state index is 0.105. The van der Waals surface area contributed by atoms with Gasteiger partial charge in [0.05, 0.1) is 12.4 Å². The van der Waals surface area contributed by atoms with Crippen LogP contribution < -0.4 is 14.8 Å². The van der Waals surface area contributed by atoms with Gasteiger partial charge in [-0.15, -0.1) is 10.2 Å². The summed E-state index contributed by atoms with van der Waals surface area (Å²) in [5.74, 6) is 1.77. The van der Waals surface area contributed by atoms with E-state index >= 15 is 0 Å². The fraction of sp³-hybridized carbons (Fsp3) is 0.222. The van der Waals surface area contributed by atoms with Gasteiger partial charge in [-0.05, 0) is 56.7 Å². The molecular weight excluding hydrogens is 460 g/mol. The van der Waals surface area contributed by atoms with Gasteiger partial charge in [0.15, 0.2) is 28.6 Å². The lowest BCUT2D eigenvalue weighted by atomic mass is 10.2. The van der Waals surface area contributed by atoms with Crippen molar-refractivity contribution in [3.63, 3.8) is 0 Å². The molecular formula is C27H28N4O3S. The van der Waals surface area contributed by atoms with Crippen LogP contribution in [0.5, 0.6) is 11.5 Å². The zero-order chi connectivity index (χ0) is 24.8. The number of benzene rings is 3.